The average molecular weight is 513 g/mol. The molecule has 1 amide bonds. The van der Waals surface area contributed by atoms with Gasteiger partial charge in [0, 0.05) is 10.7 Å². The van der Waals surface area contributed by atoms with Gasteiger partial charge in [-0.15, -0.1) is 0 Å². The van der Waals surface area contributed by atoms with Crippen LogP contribution in [0.2, 0.25) is 5.02 Å². The van der Waals surface area contributed by atoms with Crippen LogP contribution in [0.5, 0.6) is 17.2 Å². The molecule has 0 saturated carbocycles. The zero-order valence-corrected chi connectivity index (χ0v) is 20.4. The van der Waals surface area contributed by atoms with Gasteiger partial charge in [-0.3, -0.25) is 4.79 Å². The third-order valence-corrected chi connectivity index (χ3v) is 6.06. The van der Waals surface area contributed by atoms with E-state index in [0.717, 1.165) is 0 Å². The van der Waals surface area contributed by atoms with Gasteiger partial charge < -0.3 is 19.0 Å². The fraction of sp³-hybridized carbons (Fsp3) is 0.120. The Bertz CT molecular complexity index is 1400. The van der Waals surface area contributed by atoms with E-state index in [-0.39, 0.29) is 28.6 Å². The number of hydrogen-bond donors (Lipinski definition) is 1. The second kappa shape index (κ2) is 11.4. The van der Waals surface area contributed by atoms with Crippen molar-refractivity contribution in [2.45, 2.75) is 11.8 Å². The summed E-state index contributed by atoms with van der Waals surface area (Å²) in [4.78, 5) is 12.5. The van der Waals surface area contributed by atoms with Crippen LogP contribution in [0, 0.1) is 11.3 Å². The summed E-state index contributed by atoms with van der Waals surface area (Å²) in [6.07, 6.45) is 1.35. The minimum absolute atomic E-state index is 0.0401. The molecular formula is C25H21ClN2O6S. The van der Waals surface area contributed by atoms with Crippen LogP contribution in [0.15, 0.2) is 77.2 Å². The molecule has 3 rings (SSSR count). The molecule has 8 nitrogen and oxygen atoms in total. The largest absolute Gasteiger partial charge is 0.497 e. The molecule has 0 aliphatic rings. The van der Waals surface area contributed by atoms with Gasteiger partial charge in [0.05, 0.1) is 13.7 Å². The topological polar surface area (TPSA) is 115 Å². The number of carbonyl (C=O) groups excluding carboxylic acids is 1. The maximum absolute atomic E-state index is 12.7. The fourth-order valence-corrected chi connectivity index (χ4v) is 4.07. The summed E-state index contributed by atoms with van der Waals surface area (Å²) in [5.74, 6) is -0.0366. The van der Waals surface area contributed by atoms with E-state index in [0.29, 0.717) is 22.0 Å². The number of benzene rings is 3. The van der Waals surface area contributed by atoms with E-state index < -0.39 is 16.0 Å². The molecule has 0 heterocycles. The molecule has 0 aromatic heterocycles. The first-order valence-corrected chi connectivity index (χ1v) is 12.1. The van der Waals surface area contributed by atoms with Crippen molar-refractivity contribution in [1.29, 1.82) is 5.26 Å². The smallest absolute Gasteiger partial charge is 0.339 e. The summed E-state index contributed by atoms with van der Waals surface area (Å²) in [5, 5.41) is 12.5. The van der Waals surface area contributed by atoms with Gasteiger partial charge in [0.15, 0.2) is 11.5 Å². The second-order valence-corrected chi connectivity index (χ2v) is 8.97. The fourth-order valence-electron chi connectivity index (χ4n) is 2.94. The zero-order valence-electron chi connectivity index (χ0n) is 18.8. The van der Waals surface area contributed by atoms with Crippen LogP contribution in [-0.2, 0) is 14.9 Å². The quantitative estimate of drug-likeness (QED) is 0.242. The van der Waals surface area contributed by atoms with Gasteiger partial charge >= 0.3 is 10.1 Å². The van der Waals surface area contributed by atoms with Crippen LogP contribution in [0.1, 0.15) is 12.5 Å². The Morgan fingerprint density at radius 1 is 1.09 bits per heavy atom. The molecule has 0 unspecified atom stereocenters. The lowest BCUT2D eigenvalue weighted by atomic mass is 10.1. The van der Waals surface area contributed by atoms with E-state index in [1.807, 2.05) is 6.07 Å². The number of ether oxygens (including phenoxy) is 2. The van der Waals surface area contributed by atoms with Crippen LogP contribution in [-0.4, -0.2) is 28.0 Å². The van der Waals surface area contributed by atoms with E-state index in [1.165, 1.54) is 55.7 Å². The molecule has 0 aliphatic carbocycles. The summed E-state index contributed by atoms with van der Waals surface area (Å²) < 4.78 is 41.3. The molecule has 0 fully saturated rings. The number of rotatable bonds is 9. The van der Waals surface area contributed by atoms with Crippen molar-refractivity contribution >= 4 is 39.4 Å². The predicted molar refractivity (Wildman–Crippen MR) is 132 cm³/mol. The molecule has 0 aliphatic heterocycles. The highest BCUT2D eigenvalue weighted by Gasteiger charge is 2.20. The molecule has 3 aromatic rings. The molecule has 1 N–H and O–H groups in total. The highest BCUT2D eigenvalue weighted by atomic mass is 35.5. The van der Waals surface area contributed by atoms with Crippen molar-refractivity contribution in [2.75, 3.05) is 19.0 Å². The highest BCUT2D eigenvalue weighted by Crippen LogP contribution is 2.32. The number of nitrogens with one attached hydrogen (secondary N) is 1. The highest BCUT2D eigenvalue weighted by molar-refractivity contribution is 7.87. The summed E-state index contributed by atoms with van der Waals surface area (Å²) in [6.45, 7) is 1.95. The lowest BCUT2D eigenvalue weighted by Crippen LogP contribution is -2.13. The third-order valence-electron chi connectivity index (χ3n) is 4.57. The Morgan fingerprint density at radius 3 is 2.46 bits per heavy atom. The van der Waals surface area contributed by atoms with Crippen LogP contribution < -0.4 is 19.0 Å². The standard InChI is InChI=1S/C25H21ClN2O6S/c1-3-33-24-14-17(13-18(16-27)25(29)28-20-6-4-5-19(26)15-20)7-12-23(24)34-35(30,31)22-10-8-21(32-2)9-11-22/h4-15H,3H2,1-2H3,(H,28,29)/b18-13+. The van der Waals surface area contributed by atoms with Crippen molar-refractivity contribution in [1.82, 2.24) is 0 Å². The third kappa shape index (κ3) is 6.76. The molecule has 3 aromatic carbocycles. The second-order valence-electron chi connectivity index (χ2n) is 6.99. The predicted octanol–water partition coefficient (Wildman–Crippen LogP) is 5.06. The van der Waals surface area contributed by atoms with E-state index in [9.17, 15) is 18.5 Å². The SMILES string of the molecule is CCOc1cc(/C=C(\C#N)C(=O)Nc2cccc(Cl)c2)ccc1OS(=O)(=O)c1ccc(OC)cc1. The van der Waals surface area contributed by atoms with Gasteiger partial charge in [0.25, 0.3) is 5.91 Å². The van der Waals surface area contributed by atoms with Crippen LogP contribution in [0.3, 0.4) is 0 Å². The molecule has 0 atom stereocenters. The Morgan fingerprint density at radius 2 is 1.83 bits per heavy atom. The van der Waals surface area contributed by atoms with Gasteiger partial charge in [-0.05, 0) is 73.2 Å². The van der Waals surface area contributed by atoms with Crippen molar-refractivity contribution < 1.29 is 26.9 Å². The van der Waals surface area contributed by atoms with Crippen LogP contribution >= 0.6 is 11.6 Å². The number of halogens is 1. The lowest BCUT2D eigenvalue weighted by molar-refractivity contribution is -0.112. The number of nitriles is 1. The number of amides is 1. The molecule has 0 radical (unpaired) electrons. The van der Waals surface area contributed by atoms with E-state index in [4.69, 9.17) is 25.3 Å². The van der Waals surface area contributed by atoms with E-state index >= 15 is 0 Å². The normalized spacial score (nSPS) is 11.3. The van der Waals surface area contributed by atoms with Gasteiger partial charge in [-0.1, -0.05) is 23.7 Å². The lowest BCUT2D eigenvalue weighted by Gasteiger charge is -2.13. The van der Waals surface area contributed by atoms with Gasteiger partial charge in [0.2, 0.25) is 0 Å². The molecule has 35 heavy (non-hydrogen) atoms. The molecular weight excluding hydrogens is 492 g/mol. The van der Waals surface area contributed by atoms with Crippen LogP contribution in [0.4, 0.5) is 5.69 Å². The zero-order chi connectivity index (χ0) is 25.4. The summed E-state index contributed by atoms with van der Waals surface area (Å²) >= 11 is 5.93. The van der Waals surface area contributed by atoms with Crippen LogP contribution in [0.25, 0.3) is 6.08 Å². The van der Waals surface area contributed by atoms with E-state index in [1.54, 1.807) is 31.2 Å². The first-order chi connectivity index (χ1) is 16.7. The maximum Gasteiger partial charge on any atom is 0.339 e. The van der Waals surface area contributed by atoms with Crippen molar-refractivity contribution in [3.8, 4) is 23.3 Å². The average Bonchev–Trinajstić information content (AvgIpc) is 2.84. The minimum Gasteiger partial charge on any atom is -0.497 e. The maximum atomic E-state index is 12.7. The Hall–Kier alpha value is -4.00. The molecule has 180 valence electrons. The number of hydrogen-bond acceptors (Lipinski definition) is 7. The number of carbonyl (C=O) groups is 1. The summed E-state index contributed by atoms with van der Waals surface area (Å²) in [7, 11) is -2.67. The monoisotopic (exact) mass is 512 g/mol. The first kappa shape index (κ1) is 25.6. The summed E-state index contributed by atoms with van der Waals surface area (Å²) in [6, 6.07) is 18.5. The molecule has 10 heteroatoms. The number of nitrogens with zero attached hydrogens (tertiary/aromatic N) is 1. The molecule has 0 spiro atoms. The Labute approximate surface area is 208 Å². The van der Waals surface area contributed by atoms with Crippen molar-refractivity contribution in [2.24, 2.45) is 0 Å². The molecule has 0 bridgehead atoms. The van der Waals surface area contributed by atoms with Gasteiger partial charge in [-0.2, -0.15) is 13.7 Å². The number of methoxy groups -OCH3 is 1. The van der Waals surface area contributed by atoms with E-state index in [2.05, 4.69) is 5.32 Å². The van der Waals surface area contributed by atoms with Gasteiger partial charge in [-0.25, -0.2) is 0 Å². The van der Waals surface area contributed by atoms with Crippen molar-refractivity contribution in [3.63, 3.8) is 0 Å². The van der Waals surface area contributed by atoms with Gasteiger partial charge in [0.1, 0.15) is 22.3 Å². The minimum atomic E-state index is -4.15. The summed E-state index contributed by atoms with van der Waals surface area (Å²) in [5.41, 5.74) is 0.693. The Balaban J connectivity index is 1.86. The number of anilines is 1. The molecule has 0 saturated heterocycles. The first-order valence-electron chi connectivity index (χ1n) is 10.3. The van der Waals surface area contributed by atoms with Crippen molar-refractivity contribution in [3.05, 3.63) is 82.9 Å². The Kier molecular flexibility index (Phi) is 8.36.